The molecule has 9 nitrogen and oxygen atoms in total. The van der Waals surface area contributed by atoms with Gasteiger partial charge in [0.05, 0.1) is 47.2 Å². The summed E-state index contributed by atoms with van der Waals surface area (Å²) in [5.74, 6) is 0.785. The maximum absolute atomic E-state index is 13.3. The lowest BCUT2D eigenvalue weighted by molar-refractivity contribution is -0.137. The van der Waals surface area contributed by atoms with E-state index in [1.807, 2.05) is 0 Å². The molecule has 0 atom stereocenters. The molecule has 0 spiro atoms. The summed E-state index contributed by atoms with van der Waals surface area (Å²) in [7, 11) is 7.52. The molecule has 1 N–H and O–H groups in total. The summed E-state index contributed by atoms with van der Waals surface area (Å²) in [6.07, 6.45) is 0. The molecular formula is C23H26N2O7. The van der Waals surface area contributed by atoms with E-state index in [1.165, 1.54) is 35.5 Å². The molecule has 1 aliphatic rings. The van der Waals surface area contributed by atoms with Gasteiger partial charge in [-0.2, -0.15) is 0 Å². The van der Waals surface area contributed by atoms with Crippen molar-refractivity contribution in [2.45, 2.75) is 0 Å². The summed E-state index contributed by atoms with van der Waals surface area (Å²) in [5.41, 5.74) is 1.31. The van der Waals surface area contributed by atoms with E-state index < -0.39 is 11.8 Å². The van der Waals surface area contributed by atoms with E-state index in [9.17, 15) is 9.59 Å². The van der Waals surface area contributed by atoms with Crippen molar-refractivity contribution in [1.82, 2.24) is 4.90 Å². The van der Waals surface area contributed by atoms with E-state index in [0.29, 0.717) is 34.2 Å². The van der Waals surface area contributed by atoms with Crippen LogP contribution < -0.4 is 24.3 Å². The topological polar surface area (TPSA) is 95.6 Å². The van der Waals surface area contributed by atoms with Crippen molar-refractivity contribution in [3.8, 4) is 23.0 Å². The molecule has 0 aliphatic carbocycles. The first-order valence-electron chi connectivity index (χ1n) is 9.80. The molecule has 0 radical (unpaired) electrons. The van der Waals surface area contributed by atoms with Gasteiger partial charge in [0.1, 0.15) is 11.4 Å². The molecule has 0 saturated heterocycles. The predicted octanol–water partition coefficient (Wildman–Crippen LogP) is 2.56. The number of imide groups is 1. The van der Waals surface area contributed by atoms with Crippen LogP contribution >= 0.6 is 0 Å². The molecule has 0 bridgehead atoms. The zero-order chi connectivity index (χ0) is 23.3. The number of rotatable bonds is 10. The van der Waals surface area contributed by atoms with Crippen LogP contribution in [0, 0.1) is 0 Å². The fourth-order valence-corrected chi connectivity index (χ4v) is 3.48. The number of methoxy groups -OCH3 is 5. The molecule has 0 fully saturated rings. The Labute approximate surface area is 186 Å². The van der Waals surface area contributed by atoms with Crippen LogP contribution in [0.2, 0.25) is 0 Å². The molecule has 2 aromatic carbocycles. The quantitative estimate of drug-likeness (QED) is 0.561. The second-order valence-electron chi connectivity index (χ2n) is 6.74. The Bertz CT molecular complexity index is 1020. The first-order valence-corrected chi connectivity index (χ1v) is 9.80. The fraction of sp³-hybridized carbons (Fsp3) is 0.304. The van der Waals surface area contributed by atoms with E-state index in [2.05, 4.69) is 5.32 Å². The van der Waals surface area contributed by atoms with Crippen molar-refractivity contribution < 1.29 is 33.3 Å². The maximum atomic E-state index is 13.3. The maximum Gasteiger partial charge on any atom is 0.278 e. The SMILES string of the molecule is COCCN1C(=O)C(Nc2cc(OC)c(OC)c(OC)c2)=C(c2ccccc2OC)C1=O. The highest BCUT2D eigenvalue weighted by atomic mass is 16.5. The van der Waals surface area contributed by atoms with Crippen molar-refractivity contribution in [3.63, 3.8) is 0 Å². The standard InChI is InChI=1S/C23H26N2O7/c1-28-11-10-25-22(26)19(15-8-6-7-9-16(15)29-2)20(23(25)27)24-14-12-17(30-3)21(32-5)18(13-14)31-4/h6-9,12-13,24H,10-11H2,1-5H3. The van der Waals surface area contributed by atoms with Gasteiger partial charge in [0.25, 0.3) is 11.8 Å². The van der Waals surface area contributed by atoms with Crippen LogP contribution in [0.5, 0.6) is 23.0 Å². The molecule has 170 valence electrons. The lowest BCUT2D eigenvalue weighted by atomic mass is 10.0. The number of para-hydroxylation sites is 1. The lowest BCUT2D eigenvalue weighted by Crippen LogP contribution is -2.35. The monoisotopic (exact) mass is 442 g/mol. The van der Waals surface area contributed by atoms with Crippen molar-refractivity contribution in [3.05, 3.63) is 47.7 Å². The number of ether oxygens (including phenoxy) is 5. The molecule has 32 heavy (non-hydrogen) atoms. The molecule has 1 aliphatic heterocycles. The Morgan fingerprint density at radius 3 is 2.00 bits per heavy atom. The zero-order valence-electron chi connectivity index (χ0n) is 18.7. The van der Waals surface area contributed by atoms with Crippen LogP contribution in [0.3, 0.4) is 0 Å². The average Bonchev–Trinajstić information content (AvgIpc) is 3.05. The minimum atomic E-state index is -0.471. The van der Waals surface area contributed by atoms with Crippen molar-refractivity contribution in [1.29, 1.82) is 0 Å². The smallest absolute Gasteiger partial charge is 0.278 e. The van der Waals surface area contributed by atoms with Crippen LogP contribution in [0.15, 0.2) is 42.1 Å². The number of nitrogens with one attached hydrogen (secondary N) is 1. The van der Waals surface area contributed by atoms with E-state index in [4.69, 9.17) is 23.7 Å². The molecule has 1 heterocycles. The molecule has 0 aromatic heterocycles. The second kappa shape index (κ2) is 10.1. The van der Waals surface area contributed by atoms with E-state index in [0.717, 1.165) is 4.90 Å². The first kappa shape index (κ1) is 23.0. The first-order chi connectivity index (χ1) is 15.5. The molecule has 0 saturated carbocycles. The summed E-state index contributed by atoms with van der Waals surface area (Å²) in [6.45, 7) is 0.335. The van der Waals surface area contributed by atoms with E-state index in [1.54, 1.807) is 36.4 Å². The predicted molar refractivity (Wildman–Crippen MR) is 118 cm³/mol. The Morgan fingerprint density at radius 1 is 0.812 bits per heavy atom. The summed E-state index contributed by atoms with van der Waals surface area (Å²) in [5, 5.41) is 3.08. The number of anilines is 1. The molecule has 3 rings (SSSR count). The van der Waals surface area contributed by atoms with Gasteiger partial charge in [-0.15, -0.1) is 0 Å². The number of amides is 2. The third-order valence-electron chi connectivity index (χ3n) is 5.00. The third kappa shape index (κ3) is 4.19. The normalized spacial score (nSPS) is 13.5. The Hall–Kier alpha value is -3.72. The van der Waals surface area contributed by atoms with Gasteiger partial charge in [0.2, 0.25) is 5.75 Å². The largest absolute Gasteiger partial charge is 0.496 e. The highest BCUT2D eigenvalue weighted by molar-refractivity contribution is 6.37. The second-order valence-corrected chi connectivity index (χ2v) is 6.74. The molecule has 9 heteroatoms. The van der Waals surface area contributed by atoms with Crippen LogP contribution in [-0.2, 0) is 14.3 Å². The van der Waals surface area contributed by atoms with Crippen LogP contribution in [-0.4, -0.2) is 65.4 Å². The van der Waals surface area contributed by atoms with Gasteiger partial charge in [-0.25, -0.2) is 0 Å². The van der Waals surface area contributed by atoms with Crippen molar-refractivity contribution in [2.75, 3.05) is 54.0 Å². The molecule has 0 unspecified atom stereocenters. The van der Waals surface area contributed by atoms with Crippen LogP contribution in [0.25, 0.3) is 5.57 Å². The van der Waals surface area contributed by atoms with Gasteiger partial charge in [0, 0.05) is 30.5 Å². The van der Waals surface area contributed by atoms with Gasteiger partial charge < -0.3 is 29.0 Å². The number of benzene rings is 2. The van der Waals surface area contributed by atoms with Gasteiger partial charge in [-0.05, 0) is 6.07 Å². The third-order valence-corrected chi connectivity index (χ3v) is 5.00. The summed E-state index contributed by atoms with van der Waals surface area (Å²) < 4.78 is 26.6. The average molecular weight is 442 g/mol. The Balaban J connectivity index is 2.14. The zero-order valence-corrected chi connectivity index (χ0v) is 18.7. The molecule has 2 aromatic rings. The van der Waals surface area contributed by atoms with E-state index in [-0.39, 0.29) is 24.4 Å². The fourth-order valence-electron chi connectivity index (χ4n) is 3.48. The number of carbonyl (C=O) groups is 2. The van der Waals surface area contributed by atoms with Gasteiger partial charge >= 0.3 is 0 Å². The number of hydrogen-bond acceptors (Lipinski definition) is 8. The minimum Gasteiger partial charge on any atom is -0.496 e. The number of nitrogens with zero attached hydrogens (tertiary/aromatic N) is 1. The molecule has 2 amide bonds. The van der Waals surface area contributed by atoms with Crippen LogP contribution in [0.4, 0.5) is 5.69 Å². The summed E-state index contributed by atoms with van der Waals surface area (Å²) in [6, 6.07) is 10.3. The minimum absolute atomic E-state index is 0.116. The van der Waals surface area contributed by atoms with Crippen molar-refractivity contribution >= 4 is 23.1 Å². The lowest BCUT2D eigenvalue weighted by Gasteiger charge is -2.16. The highest BCUT2D eigenvalue weighted by Crippen LogP contribution is 2.41. The van der Waals surface area contributed by atoms with Gasteiger partial charge in [0.15, 0.2) is 11.5 Å². The summed E-state index contributed by atoms with van der Waals surface area (Å²) >= 11 is 0. The van der Waals surface area contributed by atoms with Gasteiger partial charge in [-0.1, -0.05) is 18.2 Å². The number of carbonyl (C=O) groups excluding carboxylic acids is 2. The number of hydrogen-bond donors (Lipinski definition) is 1. The Morgan fingerprint density at radius 2 is 1.44 bits per heavy atom. The Kier molecular flexibility index (Phi) is 7.21. The summed E-state index contributed by atoms with van der Waals surface area (Å²) in [4.78, 5) is 27.7. The van der Waals surface area contributed by atoms with Gasteiger partial charge in [-0.3, -0.25) is 14.5 Å². The molecular weight excluding hydrogens is 416 g/mol. The van der Waals surface area contributed by atoms with Crippen molar-refractivity contribution in [2.24, 2.45) is 0 Å². The van der Waals surface area contributed by atoms with Crippen LogP contribution in [0.1, 0.15) is 5.56 Å². The van der Waals surface area contributed by atoms with E-state index >= 15 is 0 Å². The highest BCUT2D eigenvalue weighted by Gasteiger charge is 2.40.